The second-order valence-electron chi connectivity index (χ2n) is 4.55. The molecule has 0 saturated carbocycles. The predicted octanol–water partition coefficient (Wildman–Crippen LogP) is 2.37. The standard InChI is InChI=1S/C13H16N2O/c1(2-11-5-6-14-8-11)10-3-4-12-13(7-10)16-9-15-12/h3-4,7,9,11,14H,1-2,5-6,8H2. The molecule has 1 N–H and O–H groups in total. The highest BCUT2D eigenvalue weighted by molar-refractivity contribution is 5.72. The van der Waals surface area contributed by atoms with Crippen LogP contribution < -0.4 is 5.32 Å². The Morgan fingerprint density at radius 2 is 2.44 bits per heavy atom. The van der Waals surface area contributed by atoms with Gasteiger partial charge in [-0.05, 0) is 56.0 Å². The lowest BCUT2D eigenvalue weighted by Crippen LogP contribution is -2.09. The fourth-order valence-electron chi connectivity index (χ4n) is 2.39. The minimum absolute atomic E-state index is 0.852. The van der Waals surface area contributed by atoms with Crippen LogP contribution in [-0.4, -0.2) is 18.1 Å². The summed E-state index contributed by atoms with van der Waals surface area (Å²) >= 11 is 0. The average molecular weight is 216 g/mol. The molecule has 3 rings (SSSR count). The summed E-state index contributed by atoms with van der Waals surface area (Å²) in [4.78, 5) is 4.12. The van der Waals surface area contributed by atoms with Gasteiger partial charge in [-0.1, -0.05) is 6.07 Å². The van der Waals surface area contributed by atoms with Crippen LogP contribution >= 0.6 is 0 Å². The van der Waals surface area contributed by atoms with Crippen LogP contribution in [0.15, 0.2) is 29.0 Å². The van der Waals surface area contributed by atoms with Gasteiger partial charge in [-0.2, -0.15) is 0 Å². The molecule has 2 aromatic rings. The van der Waals surface area contributed by atoms with E-state index < -0.39 is 0 Å². The highest BCUT2D eigenvalue weighted by Crippen LogP contribution is 2.19. The van der Waals surface area contributed by atoms with E-state index in [0.29, 0.717) is 0 Å². The normalized spacial score (nSPS) is 20.6. The molecule has 1 aromatic heterocycles. The van der Waals surface area contributed by atoms with Crippen molar-refractivity contribution in [3.05, 3.63) is 30.2 Å². The van der Waals surface area contributed by atoms with E-state index in [0.717, 1.165) is 23.4 Å². The molecule has 1 aromatic carbocycles. The minimum atomic E-state index is 0.852. The Morgan fingerprint density at radius 1 is 1.44 bits per heavy atom. The summed E-state index contributed by atoms with van der Waals surface area (Å²) in [6.07, 6.45) is 5.25. The van der Waals surface area contributed by atoms with Gasteiger partial charge in [0.1, 0.15) is 5.52 Å². The van der Waals surface area contributed by atoms with E-state index >= 15 is 0 Å². The number of aromatic nitrogens is 1. The largest absolute Gasteiger partial charge is 0.443 e. The SMILES string of the molecule is c1nc2ccc(CCC3CCNC3)cc2o1. The summed E-state index contributed by atoms with van der Waals surface area (Å²) in [6, 6.07) is 6.32. The zero-order valence-corrected chi connectivity index (χ0v) is 9.28. The third kappa shape index (κ3) is 1.95. The number of nitrogens with one attached hydrogen (secondary N) is 1. The Bertz CT molecular complexity index is 471. The maximum atomic E-state index is 5.31. The Hall–Kier alpha value is -1.35. The molecule has 0 spiro atoms. The molecule has 1 aliphatic heterocycles. The molecule has 2 heterocycles. The number of rotatable bonds is 3. The second-order valence-corrected chi connectivity index (χ2v) is 4.55. The Balaban J connectivity index is 1.68. The molecule has 1 fully saturated rings. The van der Waals surface area contributed by atoms with Gasteiger partial charge in [0.15, 0.2) is 12.0 Å². The molecule has 3 nitrogen and oxygen atoms in total. The number of oxazole rings is 1. The molecule has 1 atom stereocenters. The van der Waals surface area contributed by atoms with Crippen molar-refractivity contribution in [1.82, 2.24) is 10.3 Å². The van der Waals surface area contributed by atoms with Gasteiger partial charge >= 0.3 is 0 Å². The van der Waals surface area contributed by atoms with E-state index in [9.17, 15) is 0 Å². The smallest absolute Gasteiger partial charge is 0.181 e. The first-order valence-corrected chi connectivity index (χ1v) is 5.95. The predicted molar refractivity (Wildman–Crippen MR) is 63.3 cm³/mol. The summed E-state index contributed by atoms with van der Waals surface area (Å²) in [7, 11) is 0. The summed E-state index contributed by atoms with van der Waals surface area (Å²) in [6.45, 7) is 2.37. The van der Waals surface area contributed by atoms with Crippen LogP contribution in [0.5, 0.6) is 0 Å². The van der Waals surface area contributed by atoms with E-state index in [1.807, 2.05) is 6.07 Å². The van der Waals surface area contributed by atoms with Crippen LogP contribution in [0.3, 0.4) is 0 Å². The van der Waals surface area contributed by atoms with Crippen LogP contribution in [0.1, 0.15) is 18.4 Å². The molecule has 84 valence electrons. The van der Waals surface area contributed by atoms with E-state index in [1.165, 1.54) is 37.9 Å². The van der Waals surface area contributed by atoms with Crippen molar-refractivity contribution in [2.45, 2.75) is 19.3 Å². The van der Waals surface area contributed by atoms with Gasteiger partial charge in [0.25, 0.3) is 0 Å². The highest BCUT2D eigenvalue weighted by Gasteiger charge is 2.14. The third-order valence-corrected chi connectivity index (χ3v) is 3.40. The summed E-state index contributed by atoms with van der Waals surface area (Å²) in [5.41, 5.74) is 3.21. The first kappa shape index (κ1) is 9.85. The number of hydrogen-bond donors (Lipinski definition) is 1. The number of fused-ring (bicyclic) bond motifs is 1. The number of nitrogens with zero attached hydrogens (tertiary/aromatic N) is 1. The topological polar surface area (TPSA) is 38.1 Å². The lowest BCUT2D eigenvalue weighted by Gasteiger charge is -2.07. The molecule has 1 unspecified atom stereocenters. The van der Waals surface area contributed by atoms with Gasteiger partial charge in [0.2, 0.25) is 0 Å². The lowest BCUT2D eigenvalue weighted by molar-refractivity contribution is 0.532. The van der Waals surface area contributed by atoms with Gasteiger partial charge in [-0.15, -0.1) is 0 Å². The lowest BCUT2D eigenvalue weighted by atomic mass is 9.99. The van der Waals surface area contributed by atoms with Gasteiger partial charge in [-0.3, -0.25) is 0 Å². The zero-order chi connectivity index (χ0) is 10.8. The first-order chi connectivity index (χ1) is 7.92. The summed E-state index contributed by atoms with van der Waals surface area (Å²) in [5, 5.41) is 3.41. The molecule has 0 aliphatic carbocycles. The van der Waals surface area contributed by atoms with E-state index in [1.54, 1.807) is 0 Å². The van der Waals surface area contributed by atoms with Crippen molar-refractivity contribution >= 4 is 11.1 Å². The van der Waals surface area contributed by atoms with Crippen LogP contribution in [-0.2, 0) is 6.42 Å². The quantitative estimate of drug-likeness (QED) is 0.856. The van der Waals surface area contributed by atoms with Gasteiger partial charge in [0.05, 0.1) is 0 Å². The fraction of sp³-hybridized carbons (Fsp3) is 0.462. The van der Waals surface area contributed by atoms with Gasteiger partial charge < -0.3 is 9.73 Å². The first-order valence-electron chi connectivity index (χ1n) is 5.95. The van der Waals surface area contributed by atoms with Crippen molar-refractivity contribution in [2.24, 2.45) is 5.92 Å². The van der Waals surface area contributed by atoms with Gasteiger partial charge in [0, 0.05) is 0 Å². The van der Waals surface area contributed by atoms with Crippen molar-refractivity contribution in [3.8, 4) is 0 Å². The van der Waals surface area contributed by atoms with Crippen molar-refractivity contribution < 1.29 is 4.42 Å². The maximum Gasteiger partial charge on any atom is 0.181 e. The zero-order valence-electron chi connectivity index (χ0n) is 9.28. The van der Waals surface area contributed by atoms with Crippen LogP contribution in [0.2, 0.25) is 0 Å². The maximum absolute atomic E-state index is 5.31. The number of hydrogen-bond acceptors (Lipinski definition) is 3. The van der Waals surface area contributed by atoms with Crippen molar-refractivity contribution in [2.75, 3.05) is 13.1 Å². The molecule has 0 bridgehead atoms. The summed E-state index contributed by atoms with van der Waals surface area (Å²) in [5.74, 6) is 0.852. The van der Waals surface area contributed by atoms with Crippen LogP contribution in [0.25, 0.3) is 11.1 Å². The van der Waals surface area contributed by atoms with Crippen LogP contribution in [0, 0.1) is 5.92 Å². The Kier molecular flexibility index (Phi) is 2.62. The monoisotopic (exact) mass is 216 g/mol. The molecule has 0 radical (unpaired) electrons. The Labute approximate surface area is 94.9 Å². The second kappa shape index (κ2) is 4.26. The average Bonchev–Trinajstić information content (AvgIpc) is 2.97. The molecule has 1 saturated heterocycles. The van der Waals surface area contributed by atoms with Crippen molar-refractivity contribution in [3.63, 3.8) is 0 Å². The molecule has 3 heteroatoms. The fourth-order valence-corrected chi connectivity index (χ4v) is 2.39. The molecular formula is C13H16N2O. The molecule has 1 aliphatic rings. The van der Waals surface area contributed by atoms with E-state index in [2.05, 4.69) is 22.4 Å². The van der Waals surface area contributed by atoms with Crippen LogP contribution in [0.4, 0.5) is 0 Å². The van der Waals surface area contributed by atoms with Crippen molar-refractivity contribution in [1.29, 1.82) is 0 Å². The third-order valence-electron chi connectivity index (χ3n) is 3.40. The minimum Gasteiger partial charge on any atom is -0.443 e. The molecule has 16 heavy (non-hydrogen) atoms. The number of benzene rings is 1. The molecule has 0 amide bonds. The highest BCUT2D eigenvalue weighted by atomic mass is 16.3. The molecular weight excluding hydrogens is 200 g/mol. The van der Waals surface area contributed by atoms with Gasteiger partial charge in [-0.25, -0.2) is 4.98 Å². The van der Waals surface area contributed by atoms with E-state index in [-0.39, 0.29) is 0 Å². The number of aryl methyl sites for hydroxylation is 1. The summed E-state index contributed by atoms with van der Waals surface area (Å²) < 4.78 is 5.31. The van der Waals surface area contributed by atoms with E-state index in [4.69, 9.17) is 4.42 Å². The Morgan fingerprint density at radius 3 is 3.31 bits per heavy atom.